The van der Waals surface area contributed by atoms with Gasteiger partial charge in [0.05, 0.1) is 36.7 Å². The van der Waals surface area contributed by atoms with E-state index in [0.29, 0.717) is 42.4 Å². The summed E-state index contributed by atoms with van der Waals surface area (Å²) < 4.78 is 58.9. The van der Waals surface area contributed by atoms with Gasteiger partial charge < -0.3 is 14.4 Å². The number of aromatic nitrogens is 3. The van der Waals surface area contributed by atoms with Crippen molar-refractivity contribution >= 4 is 6.09 Å². The number of benzene rings is 2. The third kappa shape index (κ3) is 6.24. The fraction of sp³-hybridized carbons (Fsp3) is 0.361. The zero-order valence-corrected chi connectivity index (χ0v) is 27.0. The summed E-state index contributed by atoms with van der Waals surface area (Å²) in [5, 5.41) is 9.30. The van der Waals surface area contributed by atoms with E-state index in [9.17, 15) is 14.9 Å². The van der Waals surface area contributed by atoms with E-state index < -0.39 is 40.2 Å². The van der Waals surface area contributed by atoms with Gasteiger partial charge in [-0.2, -0.15) is 14.0 Å². The number of hydrogen-bond donors (Lipinski definition) is 0. The smallest absolute Gasteiger partial charge is 0.410 e. The summed E-state index contributed by atoms with van der Waals surface area (Å²) in [7, 11) is 0. The van der Waals surface area contributed by atoms with Gasteiger partial charge in [-0.3, -0.25) is 9.36 Å². The first-order valence-corrected chi connectivity index (χ1v) is 15.7. The molecule has 248 valence electrons. The van der Waals surface area contributed by atoms with Crippen LogP contribution >= 0.6 is 0 Å². The van der Waals surface area contributed by atoms with Gasteiger partial charge in [0.2, 0.25) is 0 Å². The molecule has 0 saturated carbocycles. The minimum atomic E-state index is -3.59. The fourth-order valence-electron chi connectivity index (χ4n) is 6.19. The summed E-state index contributed by atoms with van der Waals surface area (Å²) in [6.07, 6.45) is 4.34. The minimum Gasteiger partial charge on any atom is -0.490 e. The summed E-state index contributed by atoms with van der Waals surface area (Å²) in [5.74, 6) is -3.69. The van der Waals surface area contributed by atoms with Gasteiger partial charge >= 0.3 is 12.0 Å². The van der Waals surface area contributed by atoms with Crippen molar-refractivity contribution in [2.24, 2.45) is 5.92 Å². The third-order valence-electron chi connectivity index (χ3n) is 8.66. The number of ether oxygens (including phenoxy) is 2. The van der Waals surface area contributed by atoms with Crippen molar-refractivity contribution in [3.8, 4) is 34.3 Å². The number of amides is 1. The van der Waals surface area contributed by atoms with Crippen LogP contribution < -0.4 is 10.3 Å². The van der Waals surface area contributed by atoms with Gasteiger partial charge in [0, 0.05) is 29.8 Å². The van der Waals surface area contributed by atoms with Crippen LogP contribution in [0.15, 0.2) is 65.7 Å². The zero-order valence-electron chi connectivity index (χ0n) is 27.0. The molecule has 12 heteroatoms. The number of carbonyl (C=O) groups is 1. The number of likely N-dealkylation sites (tertiary alicyclic amines) is 1. The van der Waals surface area contributed by atoms with Crippen LogP contribution in [-0.2, 0) is 10.7 Å². The molecule has 2 aliphatic rings. The van der Waals surface area contributed by atoms with E-state index in [-0.39, 0.29) is 28.7 Å². The second-order valence-corrected chi connectivity index (χ2v) is 13.1. The second-order valence-electron chi connectivity index (χ2n) is 13.1. The lowest BCUT2D eigenvalue weighted by Crippen LogP contribution is -2.42. The highest BCUT2D eigenvalue weighted by molar-refractivity contribution is 5.79. The van der Waals surface area contributed by atoms with E-state index in [0.717, 1.165) is 29.5 Å². The summed E-state index contributed by atoms with van der Waals surface area (Å²) in [5.41, 5.74) is -1.66. The quantitative estimate of drug-likeness (QED) is 0.218. The minimum absolute atomic E-state index is 0.0182. The van der Waals surface area contributed by atoms with E-state index in [1.54, 1.807) is 48.5 Å². The molecule has 48 heavy (non-hydrogen) atoms. The summed E-state index contributed by atoms with van der Waals surface area (Å²) in [4.78, 5) is 36.0. The number of rotatable bonds is 6. The van der Waals surface area contributed by atoms with Crippen molar-refractivity contribution in [1.29, 1.82) is 5.26 Å². The number of piperidine rings is 1. The molecule has 9 nitrogen and oxygen atoms in total. The lowest BCUT2D eigenvalue weighted by atomic mass is 9.98. The molecule has 0 unspecified atom stereocenters. The van der Waals surface area contributed by atoms with E-state index >= 15 is 13.2 Å². The van der Waals surface area contributed by atoms with Crippen molar-refractivity contribution in [2.45, 2.75) is 58.1 Å². The number of carbonyl (C=O) groups excluding carboxylic acids is 1. The van der Waals surface area contributed by atoms with Crippen molar-refractivity contribution in [1.82, 2.24) is 19.4 Å². The highest BCUT2D eigenvalue weighted by atomic mass is 19.3. The number of nitrogens with zero attached hydrogens (tertiary/aromatic N) is 5. The molecule has 1 saturated heterocycles. The Hall–Kier alpha value is -5.18. The predicted molar refractivity (Wildman–Crippen MR) is 171 cm³/mol. The average molecular weight is 658 g/mol. The van der Waals surface area contributed by atoms with Gasteiger partial charge in [0.15, 0.2) is 17.4 Å². The van der Waals surface area contributed by atoms with Gasteiger partial charge in [0.25, 0.3) is 5.56 Å². The van der Waals surface area contributed by atoms with E-state index in [1.807, 2.05) is 26.8 Å². The van der Waals surface area contributed by atoms with Gasteiger partial charge in [-0.1, -0.05) is 24.3 Å². The van der Waals surface area contributed by atoms with Crippen LogP contribution in [0.3, 0.4) is 0 Å². The van der Waals surface area contributed by atoms with Crippen molar-refractivity contribution in [3.05, 3.63) is 99.5 Å². The molecule has 3 heterocycles. The highest BCUT2D eigenvalue weighted by Crippen LogP contribution is 2.51. The van der Waals surface area contributed by atoms with Crippen molar-refractivity contribution < 1.29 is 27.4 Å². The molecule has 0 radical (unpaired) electrons. The Balaban J connectivity index is 1.17. The molecule has 2 aromatic heterocycles. The molecular weight excluding hydrogens is 623 g/mol. The molecule has 1 amide bonds. The standard InChI is InChI=1S/C36H34F3N5O4/c1-21(44-31-28(16-30(37)33(44)45)27-14-23(17-40)8-9-29(27)36(31,38)39)24-6-5-7-25(15-24)32-41-18-26(19-42-32)47-20-22-10-12-43(13-11-22)34(46)48-35(2,3)4/h5-9,14-16,18-19,21-22H,10-13,20H2,1-4H3/t21-/m1/s1. The molecule has 4 aromatic rings. The molecule has 1 atom stereocenters. The van der Waals surface area contributed by atoms with Crippen LogP contribution in [0.2, 0.25) is 0 Å². The van der Waals surface area contributed by atoms with E-state index in [2.05, 4.69) is 9.97 Å². The molecule has 0 spiro atoms. The van der Waals surface area contributed by atoms with Gasteiger partial charge in [0.1, 0.15) is 11.3 Å². The summed E-state index contributed by atoms with van der Waals surface area (Å²) in [6.45, 7) is 8.69. The van der Waals surface area contributed by atoms with Gasteiger partial charge in [-0.15, -0.1) is 0 Å². The lowest BCUT2D eigenvalue weighted by Gasteiger charge is -2.33. The number of alkyl halides is 2. The number of nitriles is 1. The normalized spacial score (nSPS) is 16.1. The van der Waals surface area contributed by atoms with Crippen LogP contribution in [0.25, 0.3) is 22.5 Å². The molecule has 1 aliphatic heterocycles. The van der Waals surface area contributed by atoms with Crippen LogP contribution in [0.4, 0.5) is 18.0 Å². The topological polar surface area (TPSA) is 110 Å². The highest BCUT2D eigenvalue weighted by Gasteiger charge is 2.48. The number of hydrogen-bond acceptors (Lipinski definition) is 7. The molecular formula is C36H34F3N5O4. The van der Waals surface area contributed by atoms with Crippen LogP contribution in [-0.4, -0.2) is 50.8 Å². The Labute approximate surface area is 275 Å². The lowest BCUT2D eigenvalue weighted by molar-refractivity contribution is 0.0164. The van der Waals surface area contributed by atoms with E-state index in [1.165, 1.54) is 12.1 Å². The van der Waals surface area contributed by atoms with Crippen LogP contribution in [0.5, 0.6) is 5.75 Å². The van der Waals surface area contributed by atoms with Crippen molar-refractivity contribution in [3.63, 3.8) is 0 Å². The maximum absolute atomic E-state index is 15.9. The fourth-order valence-corrected chi connectivity index (χ4v) is 6.19. The van der Waals surface area contributed by atoms with Gasteiger partial charge in [-0.25, -0.2) is 19.2 Å². The largest absolute Gasteiger partial charge is 0.490 e. The third-order valence-corrected chi connectivity index (χ3v) is 8.66. The Bertz CT molecular complexity index is 1970. The molecule has 2 aromatic carbocycles. The Morgan fingerprint density at radius 1 is 1.08 bits per heavy atom. The Morgan fingerprint density at radius 2 is 1.79 bits per heavy atom. The predicted octanol–water partition coefficient (Wildman–Crippen LogP) is 7.07. The molecule has 0 bridgehead atoms. The average Bonchev–Trinajstić information content (AvgIpc) is 3.28. The zero-order chi connectivity index (χ0) is 34.4. The maximum atomic E-state index is 15.9. The Morgan fingerprint density at radius 3 is 2.46 bits per heavy atom. The number of fused-ring (bicyclic) bond motifs is 3. The first-order valence-electron chi connectivity index (χ1n) is 15.7. The maximum Gasteiger partial charge on any atom is 0.410 e. The molecule has 6 rings (SSSR count). The van der Waals surface area contributed by atoms with Gasteiger partial charge in [-0.05, 0) is 81.8 Å². The Kier molecular flexibility index (Phi) is 8.49. The van der Waals surface area contributed by atoms with Crippen molar-refractivity contribution in [2.75, 3.05) is 19.7 Å². The molecule has 0 N–H and O–H groups in total. The SMILES string of the molecule is C[C@H](c1cccc(-c2ncc(OCC3CCN(C(=O)OC(C)(C)C)CC3)cn2)c1)n1c2c(cc(F)c1=O)-c1cc(C#N)ccc1C2(F)F. The summed E-state index contributed by atoms with van der Waals surface area (Å²) >= 11 is 0. The number of pyridine rings is 1. The molecule has 1 aliphatic carbocycles. The monoisotopic (exact) mass is 657 g/mol. The van der Waals surface area contributed by atoms with Crippen LogP contribution in [0, 0.1) is 23.1 Å². The first kappa shape index (κ1) is 32.7. The summed E-state index contributed by atoms with van der Waals surface area (Å²) in [6, 6.07) is 12.2. The number of halogens is 3. The van der Waals surface area contributed by atoms with Crippen LogP contribution in [0.1, 0.15) is 69.0 Å². The molecule has 1 fully saturated rings. The first-order chi connectivity index (χ1) is 22.8. The second kappa shape index (κ2) is 12.4. The van der Waals surface area contributed by atoms with E-state index in [4.69, 9.17) is 9.47 Å².